The van der Waals surface area contributed by atoms with Gasteiger partial charge < -0.3 is 0 Å². The molecule has 0 aromatic heterocycles. The van der Waals surface area contributed by atoms with Gasteiger partial charge in [0.15, 0.2) is 6.61 Å². The predicted molar refractivity (Wildman–Crippen MR) is 37.4 cm³/mol. The maximum absolute atomic E-state index is 11.5. The van der Waals surface area contributed by atoms with Crippen molar-refractivity contribution < 1.29 is 22.8 Å². The Hall–Kier alpha value is -0.780. The summed E-state index contributed by atoms with van der Waals surface area (Å²) in [6, 6.07) is 0. The third kappa shape index (κ3) is 3.63. The Labute approximate surface area is 73.2 Å². The van der Waals surface area contributed by atoms with Gasteiger partial charge in [0.1, 0.15) is 0 Å². The zero-order valence-corrected chi connectivity index (χ0v) is 7.02. The van der Waals surface area contributed by atoms with Gasteiger partial charge in [-0.2, -0.15) is 13.2 Å². The maximum atomic E-state index is 11.5. The van der Waals surface area contributed by atoms with E-state index in [2.05, 4.69) is 4.84 Å². The van der Waals surface area contributed by atoms with E-state index in [1.807, 2.05) is 6.92 Å². The molecule has 1 fully saturated rings. The molecule has 0 radical (unpaired) electrons. The van der Waals surface area contributed by atoms with Gasteiger partial charge in [-0.05, 0) is 12.3 Å². The quantitative estimate of drug-likeness (QED) is 0.691. The van der Waals surface area contributed by atoms with E-state index in [0.717, 1.165) is 6.42 Å². The summed E-state index contributed by atoms with van der Waals surface area (Å²) < 4.78 is 34.6. The lowest BCUT2D eigenvalue weighted by molar-refractivity contribution is -0.192. The monoisotopic (exact) mass is 197 g/mol. The smallest absolute Gasteiger partial charge is 0.272 e. The van der Waals surface area contributed by atoms with Crippen LogP contribution in [-0.2, 0) is 9.63 Å². The molecule has 0 spiro atoms. The fraction of sp³-hybridized carbons (Fsp3) is 0.857. The molecular formula is C7H10F3NO2. The summed E-state index contributed by atoms with van der Waals surface area (Å²) in [7, 11) is 0. The molecule has 76 valence electrons. The molecule has 6 heteroatoms. The second-order valence-electron chi connectivity index (χ2n) is 3.19. The minimum Gasteiger partial charge on any atom is -0.272 e. The SMILES string of the molecule is CC1CC1C(=O)NOCC(F)(F)F. The van der Waals surface area contributed by atoms with Crippen LogP contribution in [0.2, 0.25) is 0 Å². The lowest BCUT2D eigenvalue weighted by Gasteiger charge is -2.07. The number of carbonyl (C=O) groups is 1. The van der Waals surface area contributed by atoms with Gasteiger partial charge in [0.2, 0.25) is 5.91 Å². The lowest BCUT2D eigenvalue weighted by Crippen LogP contribution is -2.30. The molecule has 1 rings (SSSR count). The van der Waals surface area contributed by atoms with E-state index in [0.29, 0.717) is 0 Å². The highest BCUT2D eigenvalue weighted by molar-refractivity contribution is 5.80. The van der Waals surface area contributed by atoms with Crippen molar-refractivity contribution >= 4 is 5.91 Å². The van der Waals surface area contributed by atoms with Crippen molar-refractivity contribution in [2.45, 2.75) is 19.5 Å². The number of hydrogen-bond acceptors (Lipinski definition) is 2. The predicted octanol–water partition coefficient (Wildman–Crippen LogP) is 1.25. The van der Waals surface area contributed by atoms with Gasteiger partial charge in [0.25, 0.3) is 0 Å². The number of rotatable bonds is 3. The van der Waals surface area contributed by atoms with Crippen LogP contribution in [-0.4, -0.2) is 18.7 Å². The fourth-order valence-electron chi connectivity index (χ4n) is 0.952. The van der Waals surface area contributed by atoms with Crippen molar-refractivity contribution in [2.75, 3.05) is 6.61 Å². The molecule has 1 aliphatic rings. The van der Waals surface area contributed by atoms with Crippen molar-refractivity contribution in [2.24, 2.45) is 11.8 Å². The van der Waals surface area contributed by atoms with E-state index in [1.165, 1.54) is 0 Å². The summed E-state index contributed by atoms with van der Waals surface area (Å²) in [6.07, 6.45) is -3.68. The van der Waals surface area contributed by atoms with Crippen molar-refractivity contribution in [1.29, 1.82) is 0 Å². The Kier molecular flexibility index (Phi) is 2.80. The van der Waals surface area contributed by atoms with Crippen molar-refractivity contribution in [1.82, 2.24) is 5.48 Å². The molecule has 0 heterocycles. The molecule has 2 unspecified atom stereocenters. The number of alkyl halides is 3. The second kappa shape index (κ2) is 3.53. The Balaban J connectivity index is 2.10. The molecule has 13 heavy (non-hydrogen) atoms. The summed E-state index contributed by atoms with van der Waals surface area (Å²) in [5, 5.41) is 0. The Morgan fingerprint density at radius 2 is 2.15 bits per heavy atom. The third-order valence-electron chi connectivity index (χ3n) is 1.85. The van der Waals surface area contributed by atoms with Crippen LogP contribution in [0.1, 0.15) is 13.3 Å². The van der Waals surface area contributed by atoms with E-state index in [4.69, 9.17) is 0 Å². The van der Waals surface area contributed by atoms with Gasteiger partial charge in [-0.15, -0.1) is 0 Å². The third-order valence-corrected chi connectivity index (χ3v) is 1.85. The highest BCUT2D eigenvalue weighted by atomic mass is 19.4. The van der Waals surface area contributed by atoms with Crippen LogP contribution in [0.25, 0.3) is 0 Å². The minimum atomic E-state index is -4.40. The maximum Gasteiger partial charge on any atom is 0.414 e. The first kappa shape index (κ1) is 10.3. The lowest BCUT2D eigenvalue weighted by atomic mass is 10.3. The number of hydroxylamine groups is 1. The van der Waals surface area contributed by atoms with Gasteiger partial charge in [0, 0.05) is 5.92 Å². The molecule has 0 aliphatic heterocycles. The van der Waals surface area contributed by atoms with E-state index in [9.17, 15) is 18.0 Å². The van der Waals surface area contributed by atoms with E-state index < -0.39 is 18.7 Å². The zero-order chi connectivity index (χ0) is 10.1. The summed E-state index contributed by atoms with van der Waals surface area (Å²) in [4.78, 5) is 14.9. The van der Waals surface area contributed by atoms with Crippen LogP contribution in [0, 0.1) is 11.8 Å². The molecule has 2 atom stereocenters. The average Bonchev–Trinajstić information content (AvgIpc) is 2.63. The van der Waals surface area contributed by atoms with E-state index in [1.54, 1.807) is 5.48 Å². The number of halogens is 3. The van der Waals surface area contributed by atoms with E-state index in [-0.39, 0.29) is 11.8 Å². The van der Waals surface area contributed by atoms with Crippen molar-refractivity contribution in [3.05, 3.63) is 0 Å². The van der Waals surface area contributed by atoms with Crippen LogP contribution in [0.15, 0.2) is 0 Å². The van der Waals surface area contributed by atoms with Crippen molar-refractivity contribution in [3.63, 3.8) is 0 Å². The fourth-order valence-corrected chi connectivity index (χ4v) is 0.952. The summed E-state index contributed by atoms with van der Waals surface area (Å²) in [6.45, 7) is 0.411. The molecule has 1 aliphatic carbocycles. The Morgan fingerprint density at radius 3 is 2.54 bits per heavy atom. The van der Waals surface area contributed by atoms with Crippen LogP contribution in [0.5, 0.6) is 0 Å². The molecular weight excluding hydrogens is 187 g/mol. The summed E-state index contributed by atoms with van der Waals surface area (Å²) >= 11 is 0. The van der Waals surface area contributed by atoms with Gasteiger partial charge in [-0.1, -0.05) is 6.92 Å². The Bertz CT molecular complexity index is 204. The number of carbonyl (C=O) groups excluding carboxylic acids is 1. The van der Waals surface area contributed by atoms with Gasteiger partial charge in [-0.3, -0.25) is 9.63 Å². The van der Waals surface area contributed by atoms with Crippen LogP contribution in [0.4, 0.5) is 13.2 Å². The van der Waals surface area contributed by atoms with Crippen molar-refractivity contribution in [3.8, 4) is 0 Å². The molecule has 1 saturated carbocycles. The second-order valence-corrected chi connectivity index (χ2v) is 3.19. The molecule has 1 N–H and O–H groups in total. The van der Waals surface area contributed by atoms with Crippen LogP contribution >= 0.6 is 0 Å². The largest absolute Gasteiger partial charge is 0.414 e. The first-order valence-electron chi connectivity index (χ1n) is 3.88. The van der Waals surface area contributed by atoms with Crippen LogP contribution in [0.3, 0.4) is 0 Å². The molecule has 0 saturated heterocycles. The van der Waals surface area contributed by atoms with Gasteiger partial charge in [-0.25, -0.2) is 5.48 Å². The molecule has 3 nitrogen and oxygen atoms in total. The van der Waals surface area contributed by atoms with Crippen LogP contribution < -0.4 is 5.48 Å². The summed E-state index contributed by atoms with van der Waals surface area (Å²) in [5.41, 5.74) is 1.77. The minimum absolute atomic E-state index is 0.173. The highest BCUT2D eigenvalue weighted by Gasteiger charge is 2.39. The molecule has 0 bridgehead atoms. The number of amides is 1. The first-order valence-corrected chi connectivity index (χ1v) is 3.88. The normalized spacial score (nSPS) is 27.1. The Morgan fingerprint density at radius 1 is 1.62 bits per heavy atom. The summed E-state index contributed by atoms with van der Waals surface area (Å²) in [5.74, 6) is -0.375. The average molecular weight is 197 g/mol. The standard InChI is InChI=1S/C7H10F3NO2/c1-4-2-5(4)6(12)11-13-3-7(8,9)10/h4-5H,2-3H2,1H3,(H,11,12). The molecule has 0 aromatic carbocycles. The number of nitrogens with one attached hydrogen (secondary N) is 1. The zero-order valence-electron chi connectivity index (χ0n) is 7.02. The molecule has 1 amide bonds. The topological polar surface area (TPSA) is 38.3 Å². The van der Waals surface area contributed by atoms with E-state index >= 15 is 0 Å². The highest BCUT2D eigenvalue weighted by Crippen LogP contribution is 2.37. The van der Waals surface area contributed by atoms with Gasteiger partial charge in [0.05, 0.1) is 0 Å². The van der Waals surface area contributed by atoms with Gasteiger partial charge >= 0.3 is 6.18 Å². The first-order chi connectivity index (χ1) is 5.90. The molecule has 0 aromatic rings. The number of hydrogen-bond donors (Lipinski definition) is 1.